The van der Waals surface area contributed by atoms with E-state index in [2.05, 4.69) is 4.98 Å². The number of rotatable bonds is 5. The highest BCUT2D eigenvalue weighted by Crippen LogP contribution is 2.31. The summed E-state index contributed by atoms with van der Waals surface area (Å²) in [6, 6.07) is 0. The molecule has 0 spiro atoms. The molecule has 0 aliphatic heterocycles. The second-order valence-corrected chi connectivity index (χ2v) is 5.47. The Hall–Kier alpha value is -0.820. The van der Waals surface area contributed by atoms with Crippen LogP contribution in [0.3, 0.4) is 0 Å². The fourth-order valence-corrected chi connectivity index (χ4v) is 2.53. The maximum absolute atomic E-state index is 12.1. The second-order valence-electron chi connectivity index (χ2n) is 4.40. The number of aliphatic hydroxyl groups excluding tert-OH is 1. The minimum absolute atomic E-state index is 0.126. The van der Waals surface area contributed by atoms with Crippen LogP contribution in [0.5, 0.6) is 0 Å². The van der Waals surface area contributed by atoms with Gasteiger partial charge in [-0.05, 0) is 5.92 Å². The number of hydrogen-bond donors (Lipinski definition) is 1. The van der Waals surface area contributed by atoms with E-state index in [-0.39, 0.29) is 19.1 Å². The number of halogens is 3. The average Bonchev–Trinajstić information content (AvgIpc) is 2.68. The molecule has 0 aromatic carbocycles. The first kappa shape index (κ1) is 15.2. The van der Waals surface area contributed by atoms with Gasteiger partial charge in [0.05, 0.1) is 23.6 Å². The lowest BCUT2D eigenvalue weighted by atomic mass is 10.1. The van der Waals surface area contributed by atoms with Gasteiger partial charge in [0.25, 0.3) is 0 Å². The lowest BCUT2D eigenvalue weighted by Crippen LogP contribution is -2.23. The lowest BCUT2D eigenvalue weighted by Gasteiger charge is -2.16. The Labute approximate surface area is 108 Å². The molecule has 1 aromatic rings. The fraction of sp³-hybridized carbons (Fsp3) is 0.727. The summed E-state index contributed by atoms with van der Waals surface area (Å²) in [4.78, 5) is 6.49. The van der Waals surface area contributed by atoms with Crippen molar-refractivity contribution >= 4 is 16.5 Å². The molecule has 0 saturated heterocycles. The van der Waals surface area contributed by atoms with Crippen molar-refractivity contribution in [3.63, 3.8) is 0 Å². The lowest BCUT2D eigenvalue weighted by molar-refractivity contribution is -0.132. The first-order valence-corrected chi connectivity index (χ1v) is 6.44. The summed E-state index contributed by atoms with van der Waals surface area (Å²) in [5.74, 6) is 0.146. The largest absolute Gasteiger partial charge is 0.391 e. The first-order chi connectivity index (χ1) is 8.24. The van der Waals surface area contributed by atoms with E-state index in [1.54, 1.807) is 7.05 Å². The molecule has 0 aliphatic carbocycles. The zero-order chi connectivity index (χ0) is 13.9. The summed E-state index contributed by atoms with van der Waals surface area (Å²) in [7, 11) is 1.58. The predicted octanol–water partition coefficient (Wildman–Crippen LogP) is 3.15. The third kappa shape index (κ3) is 4.13. The Kier molecular flexibility index (Phi) is 4.98. The monoisotopic (exact) mass is 282 g/mol. The van der Waals surface area contributed by atoms with Gasteiger partial charge in [0.2, 0.25) is 0 Å². The van der Waals surface area contributed by atoms with Crippen LogP contribution in [-0.4, -0.2) is 29.9 Å². The molecule has 0 radical (unpaired) electrons. The van der Waals surface area contributed by atoms with E-state index in [1.165, 1.54) is 16.2 Å². The third-order valence-corrected chi connectivity index (χ3v) is 3.63. The Bertz CT molecular complexity index is 390. The number of nitrogens with zero attached hydrogens (tertiary/aromatic N) is 2. The molecule has 0 aliphatic rings. The van der Waals surface area contributed by atoms with Crippen molar-refractivity contribution in [2.24, 2.45) is 0 Å². The molecule has 104 valence electrons. The van der Waals surface area contributed by atoms with Gasteiger partial charge in [-0.3, -0.25) is 0 Å². The van der Waals surface area contributed by atoms with Gasteiger partial charge in [-0.25, -0.2) is 4.98 Å². The van der Waals surface area contributed by atoms with Crippen LogP contribution >= 0.6 is 11.3 Å². The number of thiazole rings is 1. The summed E-state index contributed by atoms with van der Waals surface area (Å²) in [5.41, 5.74) is 0.761. The van der Waals surface area contributed by atoms with Gasteiger partial charge in [-0.2, -0.15) is 13.2 Å². The summed E-state index contributed by atoms with van der Waals surface area (Å²) in [6.07, 6.45) is -5.03. The fourth-order valence-electron chi connectivity index (χ4n) is 1.47. The van der Waals surface area contributed by atoms with Crippen LogP contribution in [0.2, 0.25) is 0 Å². The second kappa shape index (κ2) is 5.88. The van der Waals surface area contributed by atoms with Gasteiger partial charge < -0.3 is 10.0 Å². The zero-order valence-corrected chi connectivity index (χ0v) is 11.4. The van der Waals surface area contributed by atoms with Gasteiger partial charge in [-0.1, -0.05) is 25.2 Å². The summed E-state index contributed by atoms with van der Waals surface area (Å²) in [6.45, 7) is 3.62. The van der Waals surface area contributed by atoms with Crippen LogP contribution < -0.4 is 4.90 Å². The molecule has 0 bridgehead atoms. The van der Waals surface area contributed by atoms with Crippen molar-refractivity contribution < 1.29 is 18.3 Å². The van der Waals surface area contributed by atoms with E-state index in [4.69, 9.17) is 0 Å². The molecular weight excluding hydrogens is 265 g/mol. The molecule has 0 fully saturated rings. The van der Waals surface area contributed by atoms with Crippen LogP contribution in [0, 0.1) is 0 Å². The Balaban J connectivity index is 2.77. The number of aromatic nitrogens is 1. The van der Waals surface area contributed by atoms with E-state index in [0.29, 0.717) is 5.13 Å². The zero-order valence-electron chi connectivity index (χ0n) is 10.6. The molecule has 0 saturated carbocycles. The van der Waals surface area contributed by atoms with Gasteiger partial charge >= 0.3 is 6.18 Å². The Morgan fingerprint density at radius 2 is 2.00 bits per heavy atom. The average molecular weight is 282 g/mol. The molecule has 3 nitrogen and oxygen atoms in total. The van der Waals surface area contributed by atoms with E-state index in [1.807, 2.05) is 13.8 Å². The summed E-state index contributed by atoms with van der Waals surface area (Å²) >= 11 is 1.24. The van der Waals surface area contributed by atoms with Crippen LogP contribution in [0.15, 0.2) is 0 Å². The minimum atomic E-state index is -4.16. The Morgan fingerprint density at radius 1 is 1.39 bits per heavy atom. The van der Waals surface area contributed by atoms with E-state index in [9.17, 15) is 18.3 Å². The smallest absolute Gasteiger partial charge is 0.390 e. The minimum Gasteiger partial charge on any atom is -0.391 e. The van der Waals surface area contributed by atoms with E-state index < -0.39 is 12.6 Å². The molecule has 18 heavy (non-hydrogen) atoms. The molecule has 1 rings (SSSR count). The van der Waals surface area contributed by atoms with Crippen LogP contribution in [0.1, 0.15) is 36.8 Å². The van der Waals surface area contributed by atoms with Gasteiger partial charge in [0.15, 0.2) is 5.13 Å². The predicted molar refractivity (Wildman–Crippen MR) is 66.1 cm³/mol. The highest BCUT2D eigenvalue weighted by Gasteiger charge is 2.28. The van der Waals surface area contributed by atoms with Crippen molar-refractivity contribution in [3.05, 3.63) is 10.6 Å². The number of aliphatic hydroxyl groups is 1. The molecule has 0 atom stereocenters. The SMILES string of the molecule is CC(C)c1nc(N(C)CCC(F)(F)F)sc1CO. The van der Waals surface area contributed by atoms with E-state index in [0.717, 1.165) is 10.6 Å². The number of alkyl halides is 3. The quantitative estimate of drug-likeness (QED) is 0.901. The standard InChI is InChI=1S/C11H17F3N2OS/c1-7(2)9-8(6-17)18-10(15-9)16(3)5-4-11(12,13)14/h7,17H,4-6H2,1-3H3. The molecular formula is C11H17F3N2OS. The summed E-state index contributed by atoms with van der Waals surface area (Å²) < 4.78 is 36.4. The van der Waals surface area contributed by atoms with Crippen molar-refractivity contribution in [2.75, 3.05) is 18.5 Å². The number of anilines is 1. The van der Waals surface area contributed by atoms with Crippen molar-refractivity contribution in [1.82, 2.24) is 4.98 Å². The maximum Gasteiger partial charge on any atom is 0.390 e. The maximum atomic E-state index is 12.1. The van der Waals surface area contributed by atoms with Crippen molar-refractivity contribution in [1.29, 1.82) is 0 Å². The third-order valence-electron chi connectivity index (χ3n) is 2.46. The number of hydrogen-bond acceptors (Lipinski definition) is 4. The normalized spacial score (nSPS) is 12.2. The van der Waals surface area contributed by atoms with Gasteiger partial charge in [0.1, 0.15) is 0 Å². The van der Waals surface area contributed by atoms with Crippen LogP contribution in [0.4, 0.5) is 18.3 Å². The van der Waals surface area contributed by atoms with Crippen LogP contribution in [0.25, 0.3) is 0 Å². The molecule has 0 amide bonds. The van der Waals surface area contributed by atoms with E-state index >= 15 is 0 Å². The van der Waals surface area contributed by atoms with Crippen molar-refractivity contribution in [3.8, 4) is 0 Å². The molecule has 7 heteroatoms. The molecule has 0 unspecified atom stereocenters. The Morgan fingerprint density at radius 3 is 2.39 bits per heavy atom. The molecule has 1 aromatic heterocycles. The first-order valence-electron chi connectivity index (χ1n) is 5.63. The van der Waals surface area contributed by atoms with Crippen LogP contribution in [-0.2, 0) is 6.61 Å². The molecule has 1 heterocycles. The highest BCUT2D eigenvalue weighted by atomic mass is 32.1. The highest BCUT2D eigenvalue weighted by molar-refractivity contribution is 7.15. The van der Waals surface area contributed by atoms with Gasteiger partial charge in [-0.15, -0.1) is 0 Å². The summed E-state index contributed by atoms with van der Waals surface area (Å²) in [5, 5.41) is 9.71. The van der Waals surface area contributed by atoms with Gasteiger partial charge in [0, 0.05) is 13.6 Å². The van der Waals surface area contributed by atoms with Crippen molar-refractivity contribution in [2.45, 2.75) is 39.0 Å². The topological polar surface area (TPSA) is 36.4 Å². The molecule has 1 N–H and O–H groups in total.